The molecule has 24 heavy (non-hydrogen) atoms. The number of aromatic nitrogens is 1. The number of nitrogens with zero attached hydrogens (tertiary/aromatic N) is 2. The Labute approximate surface area is 145 Å². The Kier molecular flexibility index (Phi) is 4.14. The molecule has 0 radical (unpaired) electrons. The molecule has 1 saturated carbocycles. The normalized spacial score (nSPS) is 17.2. The first kappa shape index (κ1) is 15.4. The van der Waals surface area contributed by atoms with Crippen LogP contribution in [0.15, 0.2) is 29.0 Å². The van der Waals surface area contributed by atoms with Gasteiger partial charge in [0.05, 0.1) is 5.56 Å². The first-order valence-electron chi connectivity index (χ1n) is 8.50. The number of nitrogens with one attached hydrogen (secondary N) is 1. The summed E-state index contributed by atoms with van der Waals surface area (Å²) < 4.78 is 2.07. The minimum Gasteiger partial charge on any atom is -0.350 e. The van der Waals surface area contributed by atoms with Crippen LogP contribution < -0.4 is 5.32 Å². The van der Waals surface area contributed by atoms with Crippen LogP contribution in [0, 0.1) is 5.92 Å². The van der Waals surface area contributed by atoms with Gasteiger partial charge in [-0.3, -0.25) is 9.59 Å². The van der Waals surface area contributed by atoms with Gasteiger partial charge < -0.3 is 14.8 Å². The van der Waals surface area contributed by atoms with Crippen molar-refractivity contribution in [2.24, 2.45) is 5.92 Å². The van der Waals surface area contributed by atoms with Crippen LogP contribution in [0.25, 0.3) is 0 Å². The van der Waals surface area contributed by atoms with Crippen molar-refractivity contribution in [3.05, 3.63) is 45.9 Å². The summed E-state index contributed by atoms with van der Waals surface area (Å²) in [5.41, 5.74) is 2.61. The molecular formula is C18H21N3O2S. The summed E-state index contributed by atoms with van der Waals surface area (Å²) in [6.07, 6.45) is 3.24. The van der Waals surface area contributed by atoms with E-state index in [1.54, 1.807) is 0 Å². The molecule has 5 nitrogen and oxygen atoms in total. The molecule has 0 unspecified atom stereocenters. The lowest BCUT2D eigenvalue weighted by atomic mass is 10.2. The monoisotopic (exact) mass is 343 g/mol. The topological polar surface area (TPSA) is 54.3 Å². The maximum absolute atomic E-state index is 12.5. The molecule has 126 valence electrons. The van der Waals surface area contributed by atoms with E-state index in [9.17, 15) is 9.59 Å². The fraction of sp³-hybridized carbons (Fsp3) is 0.444. The van der Waals surface area contributed by atoms with Crippen LogP contribution in [0.1, 0.15) is 39.4 Å². The Morgan fingerprint density at radius 3 is 2.79 bits per heavy atom. The van der Waals surface area contributed by atoms with E-state index in [1.165, 1.54) is 24.2 Å². The van der Waals surface area contributed by atoms with Crippen molar-refractivity contribution in [2.75, 3.05) is 19.6 Å². The zero-order valence-corrected chi connectivity index (χ0v) is 14.3. The second kappa shape index (κ2) is 6.43. The van der Waals surface area contributed by atoms with Crippen LogP contribution in [-0.4, -0.2) is 40.9 Å². The predicted molar refractivity (Wildman–Crippen MR) is 93.4 cm³/mol. The number of fused-ring (bicyclic) bond motifs is 1. The van der Waals surface area contributed by atoms with Crippen LogP contribution in [0.5, 0.6) is 0 Å². The lowest BCUT2D eigenvalue weighted by Crippen LogP contribution is -2.34. The van der Waals surface area contributed by atoms with Crippen molar-refractivity contribution in [1.82, 2.24) is 14.8 Å². The third-order valence-corrected chi connectivity index (χ3v) is 5.52. The van der Waals surface area contributed by atoms with Gasteiger partial charge in [0.25, 0.3) is 11.8 Å². The van der Waals surface area contributed by atoms with E-state index < -0.39 is 0 Å². The fourth-order valence-electron chi connectivity index (χ4n) is 3.19. The zero-order valence-electron chi connectivity index (χ0n) is 13.5. The van der Waals surface area contributed by atoms with Crippen LogP contribution in [-0.2, 0) is 13.0 Å². The van der Waals surface area contributed by atoms with Crippen molar-refractivity contribution in [3.63, 3.8) is 0 Å². The fourth-order valence-corrected chi connectivity index (χ4v) is 3.82. The van der Waals surface area contributed by atoms with Crippen molar-refractivity contribution >= 4 is 23.2 Å². The van der Waals surface area contributed by atoms with Gasteiger partial charge in [-0.25, -0.2) is 0 Å². The quantitative estimate of drug-likeness (QED) is 0.927. The van der Waals surface area contributed by atoms with E-state index in [2.05, 4.69) is 9.88 Å². The van der Waals surface area contributed by atoms with Crippen LogP contribution in [0.2, 0.25) is 0 Å². The molecule has 1 aliphatic carbocycles. The molecular weight excluding hydrogens is 322 g/mol. The zero-order chi connectivity index (χ0) is 16.5. The summed E-state index contributed by atoms with van der Waals surface area (Å²) >= 11 is 1.54. The second-order valence-corrected chi connectivity index (χ2v) is 7.35. The molecule has 6 heteroatoms. The molecule has 2 aromatic rings. The van der Waals surface area contributed by atoms with Crippen molar-refractivity contribution in [3.8, 4) is 0 Å². The molecule has 4 rings (SSSR count). The number of rotatable bonds is 4. The Hall–Kier alpha value is -2.08. The third kappa shape index (κ3) is 3.11. The second-order valence-electron chi connectivity index (χ2n) is 6.57. The minimum atomic E-state index is 0.00533. The van der Waals surface area contributed by atoms with Gasteiger partial charge in [0.15, 0.2) is 0 Å². The summed E-state index contributed by atoms with van der Waals surface area (Å²) in [6, 6.07) is 5.80. The maximum atomic E-state index is 12.5. The molecule has 0 bridgehead atoms. The highest BCUT2D eigenvalue weighted by atomic mass is 32.1. The molecule has 3 heterocycles. The number of carbonyl (C=O) groups is 2. The summed E-state index contributed by atoms with van der Waals surface area (Å²) in [6.45, 7) is 2.79. The highest BCUT2D eigenvalue weighted by molar-refractivity contribution is 7.08. The largest absolute Gasteiger partial charge is 0.350 e. The number of hydrogen-bond acceptors (Lipinski definition) is 3. The number of carbonyl (C=O) groups excluding carboxylic acids is 2. The Balaban J connectivity index is 1.45. The summed E-state index contributed by atoms with van der Waals surface area (Å²) in [5.74, 6) is 0.763. The van der Waals surface area contributed by atoms with Gasteiger partial charge in [0, 0.05) is 43.7 Å². The Morgan fingerprint density at radius 1 is 1.17 bits per heavy atom. The molecule has 0 saturated heterocycles. The summed E-state index contributed by atoms with van der Waals surface area (Å²) in [5, 5.41) is 6.86. The SMILES string of the molecule is O=C(NCC1CC1)c1ccc2n1CCN(C(=O)c1ccsc1)CC2. The van der Waals surface area contributed by atoms with E-state index in [0.29, 0.717) is 25.6 Å². The van der Waals surface area contributed by atoms with Gasteiger partial charge in [0.2, 0.25) is 0 Å². The average Bonchev–Trinajstić information content (AvgIpc) is 3.16. The van der Waals surface area contributed by atoms with E-state index >= 15 is 0 Å². The van der Waals surface area contributed by atoms with Gasteiger partial charge in [-0.15, -0.1) is 0 Å². The Morgan fingerprint density at radius 2 is 2.04 bits per heavy atom. The molecule has 0 spiro atoms. The van der Waals surface area contributed by atoms with E-state index in [0.717, 1.165) is 29.9 Å². The highest BCUT2D eigenvalue weighted by Gasteiger charge is 2.25. The standard InChI is InChI=1S/C18H21N3O2S/c22-17(19-11-13-1-2-13)16-4-3-15-5-7-20(8-9-21(15)16)18(23)14-6-10-24-12-14/h3-4,6,10,12-13H,1-2,5,7-9,11H2,(H,19,22). The minimum absolute atomic E-state index is 0.00533. The van der Waals surface area contributed by atoms with E-state index in [4.69, 9.17) is 0 Å². The van der Waals surface area contributed by atoms with Crippen molar-refractivity contribution < 1.29 is 9.59 Å². The first-order chi connectivity index (χ1) is 11.7. The molecule has 2 amide bonds. The first-order valence-corrected chi connectivity index (χ1v) is 9.45. The molecule has 2 aliphatic rings. The van der Waals surface area contributed by atoms with Crippen LogP contribution in [0.4, 0.5) is 0 Å². The molecule has 1 N–H and O–H groups in total. The number of hydrogen-bond donors (Lipinski definition) is 1. The molecule has 1 aliphatic heterocycles. The maximum Gasteiger partial charge on any atom is 0.267 e. The third-order valence-electron chi connectivity index (χ3n) is 4.84. The van der Waals surface area contributed by atoms with Gasteiger partial charge >= 0.3 is 0 Å². The smallest absolute Gasteiger partial charge is 0.267 e. The van der Waals surface area contributed by atoms with Gasteiger partial charge in [0.1, 0.15) is 5.69 Å². The van der Waals surface area contributed by atoms with Crippen molar-refractivity contribution in [1.29, 1.82) is 0 Å². The lowest BCUT2D eigenvalue weighted by molar-refractivity contribution is 0.0759. The van der Waals surface area contributed by atoms with Crippen LogP contribution >= 0.6 is 11.3 Å². The summed E-state index contributed by atoms with van der Waals surface area (Å²) in [4.78, 5) is 26.8. The van der Waals surface area contributed by atoms with Gasteiger partial charge in [-0.05, 0) is 42.3 Å². The van der Waals surface area contributed by atoms with Gasteiger partial charge in [-0.1, -0.05) is 0 Å². The molecule has 0 aromatic carbocycles. The predicted octanol–water partition coefficient (Wildman–Crippen LogP) is 2.39. The number of amides is 2. The van der Waals surface area contributed by atoms with Crippen molar-refractivity contribution in [2.45, 2.75) is 25.8 Å². The molecule has 2 aromatic heterocycles. The summed E-state index contributed by atoms with van der Waals surface area (Å²) in [7, 11) is 0. The highest BCUT2D eigenvalue weighted by Crippen LogP contribution is 2.27. The van der Waals surface area contributed by atoms with Gasteiger partial charge in [-0.2, -0.15) is 11.3 Å². The van der Waals surface area contributed by atoms with E-state index in [1.807, 2.05) is 33.9 Å². The average molecular weight is 343 g/mol. The van der Waals surface area contributed by atoms with E-state index in [-0.39, 0.29) is 11.8 Å². The molecule has 0 atom stereocenters. The Bertz CT molecular complexity index is 746. The van der Waals surface area contributed by atoms with Crippen LogP contribution in [0.3, 0.4) is 0 Å². The number of thiophene rings is 1. The molecule has 1 fully saturated rings. The lowest BCUT2D eigenvalue weighted by Gasteiger charge is -2.19.